The van der Waals surface area contributed by atoms with Crippen molar-refractivity contribution in [1.29, 1.82) is 0 Å². The van der Waals surface area contributed by atoms with Crippen LogP contribution in [-0.4, -0.2) is 12.1 Å². The second-order valence-corrected chi connectivity index (χ2v) is 6.90. The van der Waals surface area contributed by atoms with Crippen LogP contribution in [0.3, 0.4) is 0 Å². The maximum Gasteiger partial charge on any atom is 0.125 e. The lowest BCUT2D eigenvalue weighted by atomic mass is 9.80. The molecule has 1 aromatic carbocycles. The second-order valence-electron chi connectivity index (χ2n) is 6.04. The highest BCUT2D eigenvalue weighted by Gasteiger charge is 2.38. The van der Waals surface area contributed by atoms with Crippen LogP contribution in [0.2, 0.25) is 0 Å². The molecule has 0 saturated heterocycles. The summed E-state index contributed by atoms with van der Waals surface area (Å²) in [5, 5.41) is 3.22. The fraction of sp³-hybridized carbons (Fsp3) is 0.471. The lowest BCUT2D eigenvalue weighted by Gasteiger charge is -2.36. The minimum absolute atomic E-state index is 0.185. The van der Waals surface area contributed by atoms with Crippen molar-refractivity contribution in [2.45, 2.75) is 38.2 Å². The molecule has 0 unspecified atom stereocenters. The summed E-state index contributed by atoms with van der Waals surface area (Å²) < 4.78 is 5.91. The molecule has 0 spiro atoms. The molecule has 0 amide bonds. The van der Waals surface area contributed by atoms with E-state index in [9.17, 15) is 0 Å². The normalized spacial score (nSPS) is 25.9. The maximum atomic E-state index is 5.91. The molecule has 0 bridgehead atoms. The Bertz CT molecular complexity index is 615. The van der Waals surface area contributed by atoms with E-state index in [0.29, 0.717) is 0 Å². The Hall–Kier alpha value is -1.39. The molecule has 4 heteroatoms. The average Bonchev–Trinajstić information content (AvgIpc) is 2.99. The molecule has 1 aromatic heterocycles. The van der Waals surface area contributed by atoms with Crippen LogP contribution in [0.5, 0.6) is 0 Å². The molecule has 3 nitrogen and oxygen atoms in total. The van der Waals surface area contributed by atoms with E-state index in [1.807, 2.05) is 25.3 Å². The van der Waals surface area contributed by atoms with E-state index < -0.39 is 0 Å². The summed E-state index contributed by atoms with van der Waals surface area (Å²) in [7, 11) is 1.82. The van der Waals surface area contributed by atoms with E-state index in [1.165, 1.54) is 12.8 Å². The van der Waals surface area contributed by atoms with Gasteiger partial charge in [-0.3, -0.25) is 0 Å². The van der Waals surface area contributed by atoms with Gasteiger partial charge in [0.05, 0.1) is 5.69 Å². The topological polar surface area (TPSA) is 48.1 Å². The molecule has 0 atom stereocenters. The van der Waals surface area contributed by atoms with Crippen LogP contribution in [0.15, 0.2) is 29.6 Å². The summed E-state index contributed by atoms with van der Waals surface area (Å²) in [5.74, 6) is 0.793. The predicted octanol–water partition coefficient (Wildman–Crippen LogP) is 4.44. The van der Waals surface area contributed by atoms with Crippen molar-refractivity contribution in [1.82, 2.24) is 4.98 Å². The monoisotopic (exact) mass is 302 g/mol. The summed E-state index contributed by atoms with van der Waals surface area (Å²) in [6.45, 7) is 2.32. The van der Waals surface area contributed by atoms with Crippen LogP contribution in [0.25, 0.3) is 11.3 Å². The Morgan fingerprint density at radius 3 is 2.76 bits per heavy atom. The molecule has 2 N–H and O–H groups in total. The Labute approximate surface area is 130 Å². The number of ether oxygens (including phenoxy) is 1. The van der Waals surface area contributed by atoms with Crippen molar-refractivity contribution in [3.63, 3.8) is 0 Å². The van der Waals surface area contributed by atoms with Gasteiger partial charge in [0.15, 0.2) is 0 Å². The minimum atomic E-state index is -0.185. The summed E-state index contributed by atoms with van der Waals surface area (Å²) in [4.78, 5) is 4.85. The van der Waals surface area contributed by atoms with Crippen molar-refractivity contribution in [3.05, 3.63) is 34.7 Å². The van der Waals surface area contributed by atoms with Crippen LogP contribution >= 0.6 is 11.3 Å². The Kier molecular flexibility index (Phi) is 4.00. The maximum absolute atomic E-state index is 5.91. The van der Waals surface area contributed by atoms with Crippen LogP contribution in [-0.2, 0) is 10.3 Å². The SMILES string of the molecule is COC1(c2nc(-c3cccc(N)c3)cs2)CCC(C)CC1. The van der Waals surface area contributed by atoms with E-state index >= 15 is 0 Å². The van der Waals surface area contributed by atoms with Crippen molar-refractivity contribution in [3.8, 4) is 11.3 Å². The predicted molar refractivity (Wildman–Crippen MR) is 88.3 cm³/mol. The van der Waals surface area contributed by atoms with E-state index in [1.54, 1.807) is 11.3 Å². The molecule has 2 aromatic rings. The summed E-state index contributed by atoms with van der Waals surface area (Å²) in [6.07, 6.45) is 4.55. The smallest absolute Gasteiger partial charge is 0.125 e. The molecule has 112 valence electrons. The molecule has 3 rings (SSSR count). The first kappa shape index (κ1) is 14.5. The Morgan fingerprint density at radius 1 is 1.33 bits per heavy atom. The molecular weight excluding hydrogens is 280 g/mol. The number of hydrogen-bond acceptors (Lipinski definition) is 4. The van der Waals surface area contributed by atoms with Gasteiger partial charge in [-0.2, -0.15) is 0 Å². The lowest BCUT2D eigenvalue weighted by Crippen LogP contribution is -2.33. The van der Waals surface area contributed by atoms with Gasteiger partial charge in [0.1, 0.15) is 10.6 Å². The summed E-state index contributed by atoms with van der Waals surface area (Å²) >= 11 is 1.70. The number of nitrogens with two attached hydrogens (primary N) is 1. The molecule has 21 heavy (non-hydrogen) atoms. The van der Waals surface area contributed by atoms with E-state index in [4.69, 9.17) is 15.5 Å². The fourth-order valence-corrected chi connectivity index (χ4v) is 4.11. The third-order valence-electron chi connectivity index (χ3n) is 4.55. The van der Waals surface area contributed by atoms with Crippen molar-refractivity contribution >= 4 is 17.0 Å². The zero-order valence-corrected chi connectivity index (χ0v) is 13.5. The van der Waals surface area contributed by atoms with Gasteiger partial charge in [-0.1, -0.05) is 19.1 Å². The third-order valence-corrected chi connectivity index (χ3v) is 5.58. The van der Waals surface area contributed by atoms with E-state index in [-0.39, 0.29) is 5.60 Å². The Morgan fingerprint density at radius 2 is 2.10 bits per heavy atom. The zero-order valence-electron chi connectivity index (χ0n) is 12.6. The number of rotatable bonds is 3. The molecule has 1 aliphatic rings. The second kappa shape index (κ2) is 5.78. The number of thiazole rings is 1. The highest BCUT2D eigenvalue weighted by Crippen LogP contribution is 2.43. The molecule has 1 saturated carbocycles. The number of methoxy groups -OCH3 is 1. The third kappa shape index (κ3) is 2.83. The van der Waals surface area contributed by atoms with Gasteiger partial charge in [0.25, 0.3) is 0 Å². The first-order chi connectivity index (χ1) is 10.1. The number of hydrogen-bond donors (Lipinski definition) is 1. The number of anilines is 1. The van der Waals surface area contributed by atoms with Gasteiger partial charge in [0, 0.05) is 23.7 Å². The molecule has 0 aliphatic heterocycles. The van der Waals surface area contributed by atoms with Crippen LogP contribution < -0.4 is 5.73 Å². The first-order valence-electron chi connectivity index (χ1n) is 7.50. The summed E-state index contributed by atoms with van der Waals surface area (Å²) in [6, 6.07) is 7.90. The van der Waals surface area contributed by atoms with Gasteiger partial charge < -0.3 is 10.5 Å². The molecular formula is C17H22N2OS. The van der Waals surface area contributed by atoms with E-state index in [0.717, 1.165) is 40.7 Å². The van der Waals surface area contributed by atoms with E-state index in [2.05, 4.69) is 18.4 Å². The largest absolute Gasteiger partial charge is 0.399 e. The number of nitrogens with zero attached hydrogens (tertiary/aromatic N) is 1. The molecule has 0 radical (unpaired) electrons. The standard InChI is InChI=1S/C17H22N2OS/c1-12-6-8-17(20-2,9-7-12)16-19-15(11-21-16)13-4-3-5-14(18)10-13/h3-5,10-12H,6-9,18H2,1-2H3. The summed E-state index contributed by atoms with van der Waals surface area (Å²) in [5.41, 5.74) is 8.53. The molecule has 1 aliphatic carbocycles. The van der Waals surface area contributed by atoms with Gasteiger partial charge in [-0.25, -0.2) is 4.98 Å². The molecule has 1 fully saturated rings. The van der Waals surface area contributed by atoms with Crippen molar-refractivity contribution in [2.24, 2.45) is 5.92 Å². The number of benzene rings is 1. The average molecular weight is 302 g/mol. The van der Waals surface area contributed by atoms with Crippen molar-refractivity contribution in [2.75, 3.05) is 12.8 Å². The minimum Gasteiger partial charge on any atom is -0.399 e. The van der Waals surface area contributed by atoms with Crippen LogP contribution in [0, 0.1) is 5.92 Å². The van der Waals surface area contributed by atoms with Gasteiger partial charge >= 0.3 is 0 Å². The van der Waals surface area contributed by atoms with Gasteiger partial charge in [-0.05, 0) is 43.7 Å². The highest BCUT2D eigenvalue weighted by molar-refractivity contribution is 7.10. The van der Waals surface area contributed by atoms with Crippen molar-refractivity contribution < 1.29 is 4.74 Å². The fourth-order valence-electron chi connectivity index (χ4n) is 3.05. The van der Waals surface area contributed by atoms with Crippen LogP contribution in [0.4, 0.5) is 5.69 Å². The number of nitrogen functional groups attached to an aromatic ring is 1. The van der Waals surface area contributed by atoms with Gasteiger partial charge in [0.2, 0.25) is 0 Å². The molecule has 1 heterocycles. The zero-order chi connectivity index (χ0) is 14.9. The number of aromatic nitrogens is 1. The highest BCUT2D eigenvalue weighted by atomic mass is 32.1. The Balaban J connectivity index is 1.90. The van der Waals surface area contributed by atoms with Crippen LogP contribution in [0.1, 0.15) is 37.6 Å². The lowest BCUT2D eigenvalue weighted by molar-refractivity contribution is -0.0530. The quantitative estimate of drug-likeness (QED) is 0.852. The van der Waals surface area contributed by atoms with Gasteiger partial charge in [-0.15, -0.1) is 11.3 Å². The first-order valence-corrected chi connectivity index (χ1v) is 8.38.